The van der Waals surface area contributed by atoms with Crippen LogP contribution in [0.15, 0.2) is 102 Å². The second kappa shape index (κ2) is 30.0. The van der Waals surface area contributed by atoms with Gasteiger partial charge in [-0.15, -0.1) is 6.58 Å². The van der Waals surface area contributed by atoms with Crippen LogP contribution in [0.25, 0.3) is 0 Å². The number of fused-ring (bicyclic) bond motifs is 2. The number of oxime groups is 1. The number of hydrogen-bond acceptors (Lipinski definition) is 11. The van der Waals surface area contributed by atoms with Gasteiger partial charge in [-0.1, -0.05) is 137 Å². The van der Waals surface area contributed by atoms with E-state index < -0.39 is 35.8 Å². The first-order chi connectivity index (χ1) is 35.3. The summed E-state index contributed by atoms with van der Waals surface area (Å²) in [5.74, 6) is -2.15. The van der Waals surface area contributed by atoms with Gasteiger partial charge >= 0.3 is 12.2 Å². The van der Waals surface area contributed by atoms with Gasteiger partial charge in [0.15, 0.2) is 0 Å². The molecule has 0 saturated heterocycles. The fourth-order valence-electron chi connectivity index (χ4n) is 10.9. The number of rotatable bonds is 32. The van der Waals surface area contributed by atoms with Gasteiger partial charge in [-0.3, -0.25) is 4.90 Å². The van der Waals surface area contributed by atoms with Gasteiger partial charge in [0.05, 0.1) is 31.5 Å². The van der Waals surface area contributed by atoms with Crippen molar-refractivity contribution in [3.8, 4) is 11.5 Å². The summed E-state index contributed by atoms with van der Waals surface area (Å²) in [6.45, 7) is 7.38. The van der Waals surface area contributed by atoms with Crippen LogP contribution in [0.1, 0.15) is 139 Å². The van der Waals surface area contributed by atoms with Gasteiger partial charge in [-0.05, 0) is 91.0 Å². The first-order valence-electron chi connectivity index (χ1n) is 26.6. The summed E-state index contributed by atoms with van der Waals surface area (Å²) >= 11 is 0. The second-order valence-corrected chi connectivity index (χ2v) is 19.4. The molecule has 0 aromatic heterocycles. The highest BCUT2D eigenvalue weighted by molar-refractivity contribution is 6.03. The number of halogens is 1. The average Bonchev–Trinajstić information content (AvgIpc) is 3.39. The van der Waals surface area contributed by atoms with E-state index in [0.29, 0.717) is 48.8 Å². The molecule has 2 aliphatic carbocycles. The Morgan fingerprint density at radius 3 is 2.28 bits per heavy atom. The monoisotopic (exact) mass is 998 g/mol. The van der Waals surface area contributed by atoms with E-state index in [1.165, 1.54) is 64.2 Å². The van der Waals surface area contributed by atoms with E-state index in [0.717, 1.165) is 61.6 Å². The van der Waals surface area contributed by atoms with Crippen molar-refractivity contribution in [3.63, 3.8) is 0 Å². The molecule has 3 aromatic carbocycles. The van der Waals surface area contributed by atoms with E-state index in [1.54, 1.807) is 29.2 Å². The zero-order chi connectivity index (χ0) is 51.0. The lowest BCUT2D eigenvalue weighted by atomic mass is 9.55. The summed E-state index contributed by atoms with van der Waals surface area (Å²) in [6, 6.07) is 20.2. The fourth-order valence-corrected chi connectivity index (χ4v) is 10.9. The van der Waals surface area contributed by atoms with Crippen molar-refractivity contribution in [1.29, 1.82) is 0 Å². The lowest BCUT2D eigenvalue weighted by Gasteiger charge is -2.59. The summed E-state index contributed by atoms with van der Waals surface area (Å²) in [6.07, 6.45) is 19.0. The maximum Gasteiger partial charge on any atom is 0.412 e. The van der Waals surface area contributed by atoms with E-state index >= 15 is 0 Å². The van der Waals surface area contributed by atoms with Crippen molar-refractivity contribution < 1.29 is 52.7 Å². The number of carbonyl (C=O) groups excluding carboxylic acids is 2. The number of carbonyl (C=O) groups is 2. The molecule has 0 spiro atoms. The molecule has 1 heterocycles. The van der Waals surface area contributed by atoms with Crippen molar-refractivity contribution >= 4 is 17.9 Å². The molecule has 1 fully saturated rings. The zero-order valence-corrected chi connectivity index (χ0v) is 42.8. The van der Waals surface area contributed by atoms with Crippen molar-refractivity contribution in [2.24, 2.45) is 22.9 Å². The predicted octanol–water partition coefficient (Wildman–Crippen LogP) is 12.0. The second-order valence-electron chi connectivity index (χ2n) is 19.4. The van der Waals surface area contributed by atoms with Gasteiger partial charge < -0.3 is 44.1 Å². The SMILES string of the molecule is C=CCO[C@@]12Oc3ccc(OC(=O)NCCCCCCCCCCCC)cc3[C@H]3[C@H](CCCCO)[C@@H](CCCCO)C=C(C(=NOC)C[C@@H]1N(Cc1ccc(F)cc1)C(=O)OCCOCc1ccccc1)[C@H]32. The Morgan fingerprint density at radius 1 is 0.875 bits per heavy atom. The molecular formula is C58H80FN3O10. The first kappa shape index (κ1) is 56.0. The smallest absolute Gasteiger partial charge is 0.412 e. The summed E-state index contributed by atoms with van der Waals surface area (Å²) < 4.78 is 46.7. The normalized spacial score (nSPS) is 21.4. The Hall–Kier alpha value is -5.28. The Morgan fingerprint density at radius 2 is 1.58 bits per heavy atom. The minimum atomic E-state index is -1.58. The number of unbranched alkanes of at least 4 members (excludes halogenated alkanes) is 11. The van der Waals surface area contributed by atoms with Crippen LogP contribution in [0, 0.1) is 23.6 Å². The van der Waals surface area contributed by atoms with E-state index in [2.05, 4.69) is 30.1 Å². The third-order valence-corrected chi connectivity index (χ3v) is 14.3. The molecular weight excluding hydrogens is 918 g/mol. The first-order valence-corrected chi connectivity index (χ1v) is 26.6. The molecule has 6 rings (SSSR count). The highest BCUT2D eigenvalue weighted by atomic mass is 19.1. The Labute approximate surface area is 427 Å². The average molecular weight is 998 g/mol. The topological polar surface area (TPSA) is 158 Å². The molecule has 1 saturated carbocycles. The molecule has 3 aromatic rings. The molecule has 0 radical (unpaired) electrons. The minimum Gasteiger partial charge on any atom is -0.459 e. The van der Waals surface area contributed by atoms with Crippen molar-refractivity contribution in [3.05, 3.63) is 120 Å². The molecule has 6 atom stereocenters. The number of nitrogens with zero attached hydrogens (tertiary/aromatic N) is 2. The Bertz CT molecular complexity index is 2170. The lowest BCUT2D eigenvalue weighted by Crippen LogP contribution is -2.70. The quantitative estimate of drug-likeness (QED) is 0.0312. The summed E-state index contributed by atoms with van der Waals surface area (Å²) in [5.41, 5.74) is 3.90. The molecule has 0 bridgehead atoms. The number of aliphatic hydroxyl groups is 2. The van der Waals surface area contributed by atoms with Gasteiger partial charge in [0.1, 0.15) is 37.1 Å². The molecule has 14 heteroatoms. The van der Waals surface area contributed by atoms with Gasteiger partial charge in [-0.25, -0.2) is 14.0 Å². The van der Waals surface area contributed by atoms with E-state index in [-0.39, 0.29) is 63.8 Å². The zero-order valence-electron chi connectivity index (χ0n) is 42.8. The van der Waals surface area contributed by atoms with Gasteiger partial charge in [0, 0.05) is 44.2 Å². The number of nitrogens with one attached hydrogen (secondary N) is 1. The highest BCUT2D eigenvalue weighted by Crippen LogP contribution is 2.62. The van der Waals surface area contributed by atoms with Crippen LogP contribution >= 0.6 is 0 Å². The van der Waals surface area contributed by atoms with Crippen LogP contribution in [-0.4, -0.2) is 91.5 Å². The van der Waals surface area contributed by atoms with Crippen LogP contribution < -0.4 is 14.8 Å². The third-order valence-electron chi connectivity index (χ3n) is 14.3. The number of allylic oxidation sites excluding steroid dienone is 1. The Balaban J connectivity index is 1.36. The maximum absolute atomic E-state index is 14.8. The maximum atomic E-state index is 14.8. The highest BCUT2D eigenvalue weighted by Gasteiger charge is 2.65. The molecule has 3 N–H and O–H groups in total. The number of benzene rings is 3. The summed E-state index contributed by atoms with van der Waals surface area (Å²) in [5, 5.41) is 27.6. The van der Waals surface area contributed by atoms with Crippen LogP contribution in [0.5, 0.6) is 11.5 Å². The van der Waals surface area contributed by atoms with E-state index in [1.807, 2.05) is 42.5 Å². The van der Waals surface area contributed by atoms with Crippen LogP contribution in [0.2, 0.25) is 0 Å². The molecule has 2 amide bonds. The predicted molar refractivity (Wildman–Crippen MR) is 277 cm³/mol. The number of aliphatic hydroxyl groups excluding tert-OH is 2. The van der Waals surface area contributed by atoms with E-state index in [9.17, 15) is 24.2 Å². The van der Waals surface area contributed by atoms with Crippen molar-refractivity contribution in [2.75, 3.05) is 46.7 Å². The summed E-state index contributed by atoms with van der Waals surface area (Å²) in [4.78, 5) is 35.4. The fraction of sp³-hybridized carbons (Fsp3) is 0.569. The van der Waals surface area contributed by atoms with Gasteiger partial charge in [0.2, 0.25) is 5.79 Å². The van der Waals surface area contributed by atoms with Crippen molar-refractivity contribution in [1.82, 2.24) is 10.2 Å². The molecule has 13 nitrogen and oxygen atoms in total. The number of hydrogen-bond donors (Lipinski definition) is 3. The Kier molecular flexibility index (Phi) is 23.4. The molecule has 72 heavy (non-hydrogen) atoms. The van der Waals surface area contributed by atoms with Crippen LogP contribution in [-0.2, 0) is 32.2 Å². The van der Waals surface area contributed by atoms with Crippen molar-refractivity contribution in [2.45, 2.75) is 147 Å². The molecule has 1 aliphatic heterocycles. The standard InChI is InChI=1S/C58H80FN3O10/c1-4-6-7-8-9-10-11-12-13-19-32-60-56(65)71-47-30-31-52-50(39-47)54-48(25-18-21-34-64)45(24-17-20-33-63)38-49-51(61-67-3)40-53(58(72-52,55(49)54)70-35-5-2)62(41-43-26-28-46(59)29-27-43)57(66)69-37-36-68-42-44-22-15-14-16-23-44/h5,14-16,22-23,26-31,38-39,45,48,53-55,63-64H,2,4,6-13,17-21,24-25,32-37,40-42H2,1,3H3,(H,60,65)/t45-,48+,53-,54+,55+,58+/m0/s1. The number of ether oxygens (including phenoxy) is 5. The minimum absolute atomic E-state index is 0.00162. The molecule has 0 unspecified atom stereocenters. The van der Waals surface area contributed by atoms with E-state index in [4.69, 9.17) is 28.5 Å². The van der Waals surface area contributed by atoms with Gasteiger partial charge in [-0.2, -0.15) is 0 Å². The van der Waals surface area contributed by atoms with Crippen LogP contribution in [0.4, 0.5) is 14.0 Å². The molecule has 394 valence electrons. The largest absolute Gasteiger partial charge is 0.459 e. The number of amides is 2. The van der Waals surface area contributed by atoms with Crippen LogP contribution in [0.3, 0.4) is 0 Å². The lowest BCUT2D eigenvalue weighted by molar-refractivity contribution is -0.256. The summed E-state index contributed by atoms with van der Waals surface area (Å²) in [7, 11) is 1.49. The third kappa shape index (κ3) is 15.6. The molecule has 3 aliphatic rings. The van der Waals surface area contributed by atoms with Gasteiger partial charge in [0.25, 0.3) is 0 Å².